The minimum absolute atomic E-state index is 0.117. The van der Waals surface area contributed by atoms with Gasteiger partial charge in [0, 0.05) is 6.42 Å². The van der Waals surface area contributed by atoms with Crippen molar-refractivity contribution in [3.8, 4) is 0 Å². The maximum atomic E-state index is 12.7. The number of hydrogen-bond acceptors (Lipinski definition) is 7. The molecule has 0 amide bonds. The largest absolute Gasteiger partial charge is 0.463 e. The van der Waals surface area contributed by atoms with Gasteiger partial charge in [-0.05, 0) is 97.8 Å². The molecule has 1 rings (SSSR count). The quantitative estimate of drug-likeness (QED) is 0.0616. The Bertz CT molecular complexity index is 753. The molecule has 0 radical (unpaired) electrons. The fourth-order valence-corrected chi connectivity index (χ4v) is 8.73. The van der Waals surface area contributed by atoms with Gasteiger partial charge in [-0.1, -0.05) is 31.8 Å². The molecule has 11 heteroatoms. The van der Waals surface area contributed by atoms with Crippen molar-refractivity contribution in [3.63, 3.8) is 0 Å². The molecule has 0 N–H and O–H groups in total. The van der Waals surface area contributed by atoms with E-state index in [1.54, 1.807) is 0 Å². The number of esters is 1. The summed E-state index contributed by atoms with van der Waals surface area (Å²) in [5.74, 6) is -0.187. The van der Waals surface area contributed by atoms with Crippen LogP contribution in [0, 0.1) is 0 Å². The molecule has 0 saturated carbocycles. The van der Waals surface area contributed by atoms with E-state index in [0.29, 0.717) is 6.42 Å². The first kappa shape index (κ1) is 37.9. The summed E-state index contributed by atoms with van der Waals surface area (Å²) in [5, 5.41) is 0. The fourth-order valence-electron chi connectivity index (χ4n) is 4.59. The van der Waals surface area contributed by atoms with Crippen molar-refractivity contribution < 1.29 is 32.0 Å². The molecule has 1 saturated heterocycles. The van der Waals surface area contributed by atoms with Crippen LogP contribution in [0.15, 0.2) is 12.7 Å². The second kappa shape index (κ2) is 16.7. The molecule has 1 fully saturated rings. The van der Waals surface area contributed by atoms with Crippen LogP contribution in [-0.4, -0.2) is 76.6 Å². The summed E-state index contributed by atoms with van der Waals surface area (Å²) >= 11 is 0. The van der Waals surface area contributed by atoms with E-state index in [1.165, 1.54) is 19.3 Å². The zero-order valence-corrected chi connectivity index (χ0v) is 31.9. The normalized spacial score (nSPS) is 24.6. The summed E-state index contributed by atoms with van der Waals surface area (Å²) in [6.45, 7) is 29.9. The Kier molecular flexibility index (Phi) is 15.8. The van der Waals surface area contributed by atoms with Gasteiger partial charge in [-0.15, -0.1) is 6.58 Å². The summed E-state index contributed by atoms with van der Waals surface area (Å²) in [7, 11) is -8.05. The average Bonchev–Trinajstić information content (AvgIpc) is 2.75. The third kappa shape index (κ3) is 17.1. The van der Waals surface area contributed by atoms with Crippen LogP contribution in [0.1, 0.15) is 51.4 Å². The van der Waals surface area contributed by atoms with Crippen LogP contribution in [-0.2, 0) is 32.0 Å². The topological polar surface area (TPSA) is 72.5 Å². The van der Waals surface area contributed by atoms with E-state index < -0.39 is 57.9 Å². The SMILES string of the molecule is C=CCCCCCCCCC(=O)OC[C@H]1O[C@H](O[Si](C)(C)C)[C@@H](O[Si](C)(C)C)[C@@H](O[Si](C)(C)C)[C@@H]1O[Si](C)(C)C. The Labute approximate surface area is 250 Å². The molecule has 0 aromatic carbocycles. The number of carbonyl (C=O) groups excluding carboxylic acids is 1. The molecule has 0 spiro atoms. The van der Waals surface area contributed by atoms with Gasteiger partial charge in [0.25, 0.3) is 0 Å². The molecular formula is C29H62O7Si4. The number of unbranched alkanes of at least 4 members (excludes halogenated alkanes) is 6. The van der Waals surface area contributed by atoms with E-state index in [4.69, 9.17) is 27.2 Å². The molecule has 7 nitrogen and oxygen atoms in total. The zero-order chi connectivity index (χ0) is 30.8. The highest BCUT2D eigenvalue weighted by atomic mass is 28.4. The Morgan fingerprint density at radius 2 is 1.10 bits per heavy atom. The Balaban J connectivity index is 3.08. The van der Waals surface area contributed by atoms with E-state index in [9.17, 15) is 4.79 Å². The predicted octanol–water partition coefficient (Wildman–Crippen LogP) is 8.07. The molecule has 1 heterocycles. The van der Waals surface area contributed by atoms with Crippen LogP contribution in [0.5, 0.6) is 0 Å². The third-order valence-corrected chi connectivity index (χ3v) is 9.85. The third-order valence-electron chi connectivity index (χ3n) is 5.98. The minimum atomic E-state index is -2.03. The van der Waals surface area contributed by atoms with Gasteiger partial charge in [0.15, 0.2) is 39.6 Å². The van der Waals surface area contributed by atoms with Crippen LogP contribution in [0.3, 0.4) is 0 Å². The Morgan fingerprint density at radius 3 is 1.60 bits per heavy atom. The van der Waals surface area contributed by atoms with Gasteiger partial charge in [-0.2, -0.15) is 0 Å². The van der Waals surface area contributed by atoms with Crippen LogP contribution in [0.25, 0.3) is 0 Å². The van der Waals surface area contributed by atoms with E-state index >= 15 is 0 Å². The van der Waals surface area contributed by atoms with Crippen molar-refractivity contribution in [1.82, 2.24) is 0 Å². The van der Waals surface area contributed by atoms with Gasteiger partial charge in [-0.25, -0.2) is 0 Å². The molecule has 1 aliphatic heterocycles. The first-order valence-electron chi connectivity index (χ1n) is 15.3. The fraction of sp³-hybridized carbons (Fsp3) is 0.897. The lowest BCUT2D eigenvalue weighted by Gasteiger charge is -2.51. The van der Waals surface area contributed by atoms with E-state index in [2.05, 4.69) is 85.1 Å². The molecular weight excluding hydrogens is 573 g/mol. The van der Waals surface area contributed by atoms with Crippen molar-refractivity contribution in [1.29, 1.82) is 0 Å². The average molecular weight is 635 g/mol. The number of carbonyl (C=O) groups is 1. The Hall–Kier alpha value is -0.122. The van der Waals surface area contributed by atoms with Crippen molar-refractivity contribution in [3.05, 3.63) is 12.7 Å². The molecule has 40 heavy (non-hydrogen) atoms. The minimum Gasteiger partial charge on any atom is -0.463 e. The molecule has 1 aliphatic rings. The highest BCUT2D eigenvalue weighted by Gasteiger charge is 2.53. The first-order chi connectivity index (χ1) is 18.2. The molecule has 0 unspecified atom stereocenters. The smallest absolute Gasteiger partial charge is 0.305 e. The van der Waals surface area contributed by atoms with Crippen molar-refractivity contribution >= 4 is 39.2 Å². The zero-order valence-electron chi connectivity index (χ0n) is 27.9. The van der Waals surface area contributed by atoms with Crippen LogP contribution in [0.4, 0.5) is 0 Å². The molecule has 5 atom stereocenters. The van der Waals surface area contributed by atoms with Crippen LogP contribution >= 0.6 is 0 Å². The number of hydrogen-bond donors (Lipinski definition) is 0. The molecule has 0 aromatic rings. The van der Waals surface area contributed by atoms with Gasteiger partial charge in [-0.3, -0.25) is 4.79 Å². The van der Waals surface area contributed by atoms with Crippen molar-refractivity contribution in [2.45, 2.75) is 161 Å². The lowest BCUT2D eigenvalue weighted by atomic mass is 9.99. The van der Waals surface area contributed by atoms with Gasteiger partial charge >= 0.3 is 5.97 Å². The number of allylic oxidation sites excluding steroid dienone is 1. The highest BCUT2D eigenvalue weighted by molar-refractivity contribution is 6.71. The maximum Gasteiger partial charge on any atom is 0.305 e. The summed E-state index contributed by atoms with van der Waals surface area (Å²) in [6.07, 6.45) is 7.83. The highest BCUT2D eigenvalue weighted by Crippen LogP contribution is 2.35. The van der Waals surface area contributed by atoms with Gasteiger partial charge in [0.05, 0.1) is 0 Å². The van der Waals surface area contributed by atoms with Gasteiger partial charge < -0.3 is 27.2 Å². The van der Waals surface area contributed by atoms with Gasteiger partial charge in [0.2, 0.25) is 0 Å². The lowest BCUT2D eigenvalue weighted by molar-refractivity contribution is -0.270. The van der Waals surface area contributed by atoms with Gasteiger partial charge in [0.1, 0.15) is 31.0 Å². The summed E-state index contributed by atoms with van der Waals surface area (Å²) in [6, 6.07) is 0. The second-order valence-electron chi connectivity index (χ2n) is 15.0. The molecule has 236 valence electrons. The summed E-state index contributed by atoms with van der Waals surface area (Å²) in [5.41, 5.74) is 0. The van der Waals surface area contributed by atoms with E-state index in [1.807, 2.05) is 6.08 Å². The van der Waals surface area contributed by atoms with Crippen LogP contribution < -0.4 is 0 Å². The summed E-state index contributed by atoms with van der Waals surface area (Å²) in [4.78, 5) is 12.7. The number of ether oxygens (including phenoxy) is 2. The molecule has 0 aromatic heterocycles. The summed E-state index contributed by atoms with van der Waals surface area (Å²) < 4.78 is 39.4. The Morgan fingerprint density at radius 1 is 0.650 bits per heavy atom. The van der Waals surface area contributed by atoms with Crippen molar-refractivity contribution in [2.24, 2.45) is 0 Å². The molecule has 0 bridgehead atoms. The van der Waals surface area contributed by atoms with E-state index in [0.717, 1.165) is 25.7 Å². The maximum absolute atomic E-state index is 12.7. The van der Waals surface area contributed by atoms with Crippen molar-refractivity contribution in [2.75, 3.05) is 6.61 Å². The standard InChI is InChI=1S/C29H62O7Si4/c1-14-15-16-17-18-19-20-21-22-25(30)31-23-24-26(33-37(2,3)4)27(34-38(5,6)7)28(35-39(8,9)10)29(32-24)36-40(11,12)13/h14,24,26-29H,1,15-23H2,2-13H3/t24-,26-,27+,28+,29-/m1/s1. The number of rotatable bonds is 19. The molecule has 0 aliphatic carbocycles. The first-order valence-corrected chi connectivity index (χ1v) is 29.0. The lowest BCUT2D eigenvalue weighted by Crippen LogP contribution is -2.67. The van der Waals surface area contributed by atoms with E-state index in [-0.39, 0.29) is 18.7 Å². The second-order valence-corrected chi connectivity index (χ2v) is 32.8. The van der Waals surface area contributed by atoms with Crippen LogP contribution in [0.2, 0.25) is 78.6 Å². The monoisotopic (exact) mass is 634 g/mol. The predicted molar refractivity (Wildman–Crippen MR) is 176 cm³/mol.